The highest BCUT2D eigenvalue weighted by Gasteiger charge is 2.02. The molecule has 1 nitrogen and oxygen atoms in total. The van der Waals surface area contributed by atoms with Gasteiger partial charge in [-0.1, -0.05) is 60.7 Å². The van der Waals surface area contributed by atoms with Crippen molar-refractivity contribution in [1.82, 2.24) is 0 Å². The Balaban J connectivity index is 0.00000147. The molecular formula is C18H18ClN. The highest BCUT2D eigenvalue weighted by Crippen LogP contribution is 2.25. The van der Waals surface area contributed by atoms with Gasteiger partial charge in [0.1, 0.15) is 0 Å². The van der Waals surface area contributed by atoms with Crippen LogP contribution in [0.2, 0.25) is 0 Å². The maximum Gasteiger partial charge on any atom is 0.0266 e. The molecule has 3 aromatic carbocycles. The van der Waals surface area contributed by atoms with Gasteiger partial charge < -0.3 is 5.73 Å². The van der Waals surface area contributed by atoms with E-state index in [4.69, 9.17) is 5.73 Å². The lowest BCUT2D eigenvalue weighted by Gasteiger charge is -2.08. The zero-order valence-electron chi connectivity index (χ0n) is 11.4. The average Bonchev–Trinajstić information content (AvgIpc) is 2.47. The molecule has 0 aliphatic carbocycles. The minimum Gasteiger partial charge on any atom is -0.324 e. The van der Waals surface area contributed by atoms with E-state index in [0.717, 1.165) is 0 Å². The van der Waals surface area contributed by atoms with Crippen molar-refractivity contribution in [2.75, 3.05) is 0 Å². The van der Waals surface area contributed by atoms with Crippen LogP contribution in [0.15, 0.2) is 66.7 Å². The van der Waals surface area contributed by atoms with E-state index in [1.165, 1.54) is 27.5 Å². The lowest BCUT2D eigenvalue weighted by molar-refractivity contribution is 0.818. The van der Waals surface area contributed by atoms with Gasteiger partial charge in [-0.15, -0.1) is 12.4 Å². The summed E-state index contributed by atoms with van der Waals surface area (Å²) in [5.74, 6) is 0. The predicted octanol–water partition coefficient (Wildman–Crippen LogP) is 4.95. The second kappa shape index (κ2) is 6.08. The first kappa shape index (κ1) is 14.6. The Morgan fingerprint density at radius 1 is 0.750 bits per heavy atom. The number of halogens is 1. The standard InChI is InChI=1S/C18H17N.ClH/c1-13(19)14-6-8-16(9-7-14)18-11-10-15-4-2-3-5-17(15)12-18;/h2-13H,19H2,1H3;1H. The van der Waals surface area contributed by atoms with Gasteiger partial charge in [0.25, 0.3) is 0 Å². The molecule has 0 heterocycles. The van der Waals surface area contributed by atoms with Gasteiger partial charge in [-0.2, -0.15) is 0 Å². The topological polar surface area (TPSA) is 26.0 Å². The van der Waals surface area contributed by atoms with E-state index in [-0.39, 0.29) is 18.4 Å². The first-order valence-electron chi connectivity index (χ1n) is 6.59. The maximum absolute atomic E-state index is 5.88. The Hall–Kier alpha value is -1.83. The summed E-state index contributed by atoms with van der Waals surface area (Å²) in [6, 6.07) is 23.6. The molecule has 1 unspecified atom stereocenters. The Morgan fingerprint density at radius 2 is 1.35 bits per heavy atom. The average molecular weight is 284 g/mol. The number of fused-ring (bicyclic) bond motifs is 1. The van der Waals surface area contributed by atoms with Crippen LogP contribution >= 0.6 is 12.4 Å². The monoisotopic (exact) mass is 283 g/mol. The number of hydrogen-bond acceptors (Lipinski definition) is 1. The highest BCUT2D eigenvalue weighted by atomic mass is 35.5. The summed E-state index contributed by atoms with van der Waals surface area (Å²) in [7, 11) is 0. The fraction of sp³-hybridized carbons (Fsp3) is 0.111. The van der Waals surface area contributed by atoms with Crippen LogP contribution in [-0.4, -0.2) is 0 Å². The molecule has 1 atom stereocenters. The molecule has 0 fully saturated rings. The van der Waals surface area contributed by atoms with Crippen molar-refractivity contribution in [2.45, 2.75) is 13.0 Å². The van der Waals surface area contributed by atoms with E-state index >= 15 is 0 Å². The molecule has 0 amide bonds. The number of rotatable bonds is 2. The van der Waals surface area contributed by atoms with Gasteiger partial charge in [-0.25, -0.2) is 0 Å². The van der Waals surface area contributed by atoms with E-state index in [9.17, 15) is 0 Å². The molecule has 0 radical (unpaired) electrons. The third-order valence-corrected chi connectivity index (χ3v) is 3.52. The molecule has 0 spiro atoms. The molecule has 3 aromatic rings. The second-order valence-corrected chi connectivity index (χ2v) is 4.97. The summed E-state index contributed by atoms with van der Waals surface area (Å²) in [5, 5.41) is 2.55. The highest BCUT2D eigenvalue weighted by molar-refractivity contribution is 5.87. The van der Waals surface area contributed by atoms with E-state index in [0.29, 0.717) is 0 Å². The third-order valence-electron chi connectivity index (χ3n) is 3.52. The molecule has 2 heteroatoms. The Morgan fingerprint density at radius 3 is 2.00 bits per heavy atom. The lowest BCUT2D eigenvalue weighted by Crippen LogP contribution is -2.04. The van der Waals surface area contributed by atoms with Crippen LogP contribution in [0.25, 0.3) is 21.9 Å². The maximum atomic E-state index is 5.88. The zero-order chi connectivity index (χ0) is 13.2. The first-order valence-corrected chi connectivity index (χ1v) is 6.59. The van der Waals surface area contributed by atoms with Crippen LogP contribution in [-0.2, 0) is 0 Å². The Bertz CT molecular complexity index is 702. The fourth-order valence-electron chi connectivity index (χ4n) is 2.35. The molecule has 0 saturated carbocycles. The smallest absolute Gasteiger partial charge is 0.0266 e. The molecule has 0 bridgehead atoms. The van der Waals surface area contributed by atoms with Gasteiger partial charge in [0.2, 0.25) is 0 Å². The quantitative estimate of drug-likeness (QED) is 0.708. The molecule has 2 N–H and O–H groups in total. The SMILES string of the molecule is CC(N)c1ccc(-c2ccc3ccccc3c2)cc1.Cl. The normalized spacial score (nSPS) is 11.9. The van der Waals surface area contributed by atoms with Crippen LogP contribution in [0.3, 0.4) is 0 Å². The van der Waals surface area contributed by atoms with Crippen molar-refractivity contribution in [3.63, 3.8) is 0 Å². The van der Waals surface area contributed by atoms with Crippen LogP contribution < -0.4 is 5.73 Å². The minimum atomic E-state index is 0. The number of nitrogens with two attached hydrogens (primary N) is 1. The lowest BCUT2D eigenvalue weighted by atomic mass is 9.99. The first-order chi connectivity index (χ1) is 9.24. The van der Waals surface area contributed by atoms with Crippen molar-refractivity contribution in [1.29, 1.82) is 0 Å². The largest absolute Gasteiger partial charge is 0.324 e. The van der Waals surface area contributed by atoms with Crippen LogP contribution in [0.5, 0.6) is 0 Å². The summed E-state index contributed by atoms with van der Waals surface area (Å²) >= 11 is 0. The van der Waals surface area contributed by atoms with Crippen LogP contribution in [0.4, 0.5) is 0 Å². The van der Waals surface area contributed by atoms with Crippen molar-refractivity contribution in [2.24, 2.45) is 5.73 Å². The summed E-state index contributed by atoms with van der Waals surface area (Å²) < 4.78 is 0. The number of benzene rings is 3. The van der Waals surface area contributed by atoms with Crippen LogP contribution in [0, 0.1) is 0 Å². The molecular weight excluding hydrogens is 266 g/mol. The summed E-state index contributed by atoms with van der Waals surface area (Å²) in [6.45, 7) is 2.00. The van der Waals surface area contributed by atoms with Gasteiger partial charge in [-0.05, 0) is 40.5 Å². The van der Waals surface area contributed by atoms with Crippen molar-refractivity contribution >= 4 is 23.2 Å². The number of hydrogen-bond donors (Lipinski definition) is 1. The Kier molecular flexibility index (Phi) is 4.43. The molecule has 102 valence electrons. The minimum absolute atomic E-state index is 0. The molecule has 0 aliphatic heterocycles. The fourth-order valence-corrected chi connectivity index (χ4v) is 2.35. The van der Waals surface area contributed by atoms with Crippen molar-refractivity contribution < 1.29 is 0 Å². The van der Waals surface area contributed by atoms with E-state index in [2.05, 4.69) is 66.7 Å². The van der Waals surface area contributed by atoms with Gasteiger partial charge in [-0.3, -0.25) is 0 Å². The van der Waals surface area contributed by atoms with E-state index in [1.807, 2.05) is 6.92 Å². The van der Waals surface area contributed by atoms with Gasteiger partial charge in [0, 0.05) is 6.04 Å². The molecule has 0 aromatic heterocycles. The van der Waals surface area contributed by atoms with E-state index < -0.39 is 0 Å². The van der Waals surface area contributed by atoms with E-state index in [1.54, 1.807) is 0 Å². The van der Waals surface area contributed by atoms with Gasteiger partial charge >= 0.3 is 0 Å². The summed E-state index contributed by atoms with van der Waals surface area (Å²) in [6.07, 6.45) is 0. The summed E-state index contributed by atoms with van der Waals surface area (Å²) in [5.41, 5.74) is 9.52. The second-order valence-electron chi connectivity index (χ2n) is 4.97. The van der Waals surface area contributed by atoms with Crippen molar-refractivity contribution in [3.8, 4) is 11.1 Å². The zero-order valence-corrected chi connectivity index (χ0v) is 12.2. The molecule has 20 heavy (non-hydrogen) atoms. The third kappa shape index (κ3) is 2.84. The van der Waals surface area contributed by atoms with Crippen LogP contribution in [0.1, 0.15) is 18.5 Å². The molecule has 0 aliphatic rings. The van der Waals surface area contributed by atoms with Gasteiger partial charge in [0.15, 0.2) is 0 Å². The Labute approximate surface area is 125 Å². The van der Waals surface area contributed by atoms with Crippen molar-refractivity contribution in [3.05, 3.63) is 72.3 Å². The molecule has 3 rings (SSSR count). The molecule has 0 saturated heterocycles. The summed E-state index contributed by atoms with van der Waals surface area (Å²) in [4.78, 5) is 0. The predicted molar refractivity (Wildman–Crippen MR) is 89.2 cm³/mol. The van der Waals surface area contributed by atoms with Gasteiger partial charge in [0.05, 0.1) is 0 Å².